The Hall–Kier alpha value is -1.17. The van der Waals surface area contributed by atoms with Crippen molar-refractivity contribution in [2.75, 3.05) is 25.6 Å². The molecule has 7 heteroatoms. The number of carbonyl (C=O) groups excluding carboxylic acids is 2. The van der Waals surface area contributed by atoms with E-state index in [-0.39, 0.29) is 19.3 Å². The summed E-state index contributed by atoms with van der Waals surface area (Å²) in [6.45, 7) is 4.46. The van der Waals surface area contributed by atoms with Crippen LogP contribution in [-0.4, -0.2) is 43.9 Å². The zero-order valence-electron chi connectivity index (χ0n) is 12.2. The molecule has 0 aromatic rings. The lowest BCUT2D eigenvalue weighted by molar-refractivity contribution is 0.110. The van der Waals surface area contributed by atoms with E-state index in [4.69, 9.17) is 21.1 Å². The van der Waals surface area contributed by atoms with Crippen LogP contribution in [-0.2, 0) is 9.47 Å². The van der Waals surface area contributed by atoms with Gasteiger partial charge in [0.15, 0.2) is 0 Å². The van der Waals surface area contributed by atoms with Crippen molar-refractivity contribution in [3.63, 3.8) is 0 Å². The Kier molecular flexibility index (Phi) is 12.1. The summed E-state index contributed by atoms with van der Waals surface area (Å²) >= 11 is 5.56. The van der Waals surface area contributed by atoms with Gasteiger partial charge in [-0.2, -0.15) is 0 Å². The van der Waals surface area contributed by atoms with Crippen LogP contribution in [0.5, 0.6) is 0 Å². The van der Waals surface area contributed by atoms with Gasteiger partial charge in [0.2, 0.25) is 0 Å². The lowest BCUT2D eigenvalue weighted by atomic mass is 10.2. The Bertz CT molecular complexity index is 275. The minimum Gasteiger partial charge on any atom is -0.448 e. The average Bonchev–Trinajstić information content (AvgIpc) is 2.38. The number of alkyl carbamates (subject to hydrolysis) is 2. The summed E-state index contributed by atoms with van der Waals surface area (Å²) in [4.78, 5) is 22.4. The largest absolute Gasteiger partial charge is 0.448 e. The average molecular weight is 309 g/mol. The lowest BCUT2D eigenvalue weighted by Gasteiger charge is -2.10. The molecule has 0 fully saturated rings. The number of carbonyl (C=O) groups is 2. The second-order valence-corrected chi connectivity index (χ2v) is 4.92. The summed E-state index contributed by atoms with van der Waals surface area (Å²) < 4.78 is 9.74. The van der Waals surface area contributed by atoms with E-state index in [1.165, 1.54) is 0 Å². The zero-order valence-corrected chi connectivity index (χ0v) is 13.0. The van der Waals surface area contributed by atoms with Crippen LogP contribution >= 0.6 is 11.6 Å². The molecular formula is C13H25ClN2O4. The van der Waals surface area contributed by atoms with Gasteiger partial charge in [-0.1, -0.05) is 12.8 Å². The van der Waals surface area contributed by atoms with E-state index in [1.807, 2.05) is 0 Å². The highest BCUT2D eigenvalue weighted by molar-refractivity contribution is 6.17. The number of hydrogen-bond acceptors (Lipinski definition) is 4. The van der Waals surface area contributed by atoms with Crippen molar-refractivity contribution in [2.45, 2.75) is 45.6 Å². The molecule has 2 N–H and O–H groups in total. The Labute approximate surface area is 125 Å². The summed E-state index contributed by atoms with van der Waals surface area (Å²) in [5.74, 6) is 0.682. The van der Waals surface area contributed by atoms with E-state index < -0.39 is 12.2 Å². The van der Waals surface area contributed by atoms with Crippen molar-refractivity contribution in [1.29, 1.82) is 0 Å². The molecule has 0 atom stereocenters. The summed E-state index contributed by atoms with van der Waals surface area (Å²) in [6.07, 6.45) is 2.87. The third-order valence-corrected chi connectivity index (χ3v) is 2.54. The van der Waals surface area contributed by atoms with Gasteiger partial charge in [-0.3, -0.25) is 0 Å². The first-order valence-electron chi connectivity index (χ1n) is 6.97. The van der Waals surface area contributed by atoms with Crippen LogP contribution in [0.1, 0.15) is 39.5 Å². The summed E-state index contributed by atoms with van der Waals surface area (Å²) in [5, 5.41) is 5.12. The Morgan fingerprint density at radius 1 is 1.00 bits per heavy atom. The van der Waals surface area contributed by atoms with E-state index in [2.05, 4.69) is 10.6 Å². The molecule has 0 saturated heterocycles. The molecule has 0 radical (unpaired) electrons. The van der Waals surface area contributed by atoms with Gasteiger partial charge < -0.3 is 20.1 Å². The van der Waals surface area contributed by atoms with E-state index >= 15 is 0 Å². The second kappa shape index (κ2) is 12.8. The van der Waals surface area contributed by atoms with Crippen molar-refractivity contribution >= 4 is 23.8 Å². The van der Waals surface area contributed by atoms with Gasteiger partial charge in [0.1, 0.15) is 6.61 Å². The van der Waals surface area contributed by atoms with Crippen molar-refractivity contribution in [2.24, 2.45) is 0 Å². The standard InChI is InChI=1S/C13H25ClN2O4/c1-11(2)20-13(18)16-9-10-19-12(17)15-8-6-4-3-5-7-14/h11H,3-10H2,1-2H3,(H,15,17)(H,16,18). The molecule has 118 valence electrons. The first kappa shape index (κ1) is 18.8. The number of ether oxygens (including phenoxy) is 2. The highest BCUT2D eigenvalue weighted by atomic mass is 35.5. The molecule has 0 aliphatic heterocycles. The van der Waals surface area contributed by atoms with Crippen LogP contribution in [0.3, 0.4) is 0 Å². The van der Waals surface area contributed by atoms with Crippen LogP contribution in [0, 0.1) is 0 Å². The monoisotopic (exact) mass is 308 g/mol. The number of hydrogen-bond donors (Lipinski definition) is 2. The Morgan fingerprint density at radius 3 is 2.30 bits per heavy atom. The molecule has 0 aliphatic rings. The van der Waals surface area contributed by atoms with Crippen LogP contribution < -0.4 is 10.6 Å². The van der Waals surface area contributed by atoms with Gasteiger partial charge in [0, 0.05) is 12.4 Å². The van der Waals surface area contributed by atoms with Crippen molar-refractivity contribution in [3.05, 3.63) is 0 Å². The SMILES string of the molecule is CC(C)OC(=O)NCCOC(=O)NCCCCCCCl. The van der Waals surface area contributed by atoms with Gasteiger partial charge >= 0.3 is 12.2 Å². The molecule has 6 nitrogen and oxygen atoms in total. The number of halogens is 1. The van der Waals surface area contributed by atoms with E-state index in [0.717, 1.165) is 25.7 Å². The van der Waals surface area contributed by atoms with Gasteiger partial charge in [0.25, 0.3) is 0 Å². The van der Waals surface area contributed by atoms with Crippen LogP contribution in [0.15, 0.2) is 0 Å². The highest BCUT2D eigenvalue weighted by Gasteiger charge is 2.05. The van der Waals surface area contributed by atoms with Crippen LogP contribution in [0.2, 0.25) is 0 Å². The quantitative estimate of drug-likeness (QED) is 0.480. The van der Waals surface area contributed by atoms with E-state index in [1.54, 1.807) is 13.8 Å². The maximum Gasteiger partial charge on any atom is 0.407 e. The zero-order chi connectivity index (χ0) is 15.2. The fourth-order valence-corrected chi connectivity index (χ4v) is 1.56. The minimum absolute atomic E-state index is 0.116. The number of amides is 2. The summed E-state index contributed by atoms with van der Waals surface area (Å²) in [6, 6.07) is 0. The number of unbranched alkanes of at least 4 members (excludes halogenated alkanes) is 3. The summed E-state index contributed by atoms with van der Waals surface area (Å²) in [5.41, 5.74) is 0. The maximum absolute atomic E-state index is 11.3. The molecule has 2 amide bonds. The van der Waals surface area contributed by atoms with Gasteiger partial charge in [-0.05, 0) is 26.7 Å². The van der Waals surface area contributed by atoms with Gasteiger partial charge in [-0.25, -0.2) is 9.59 Å². The molecule has 0 spiro atoms. The molecule has 0 rings (SSSR count). The number of alkyl halides is 1. The van der Waals surface area contributed by atoms with E-state index in [9.17, 15) is 9.59 Å². The molecular weight excluding hydrogens is 284 g/mol. The van der Waals surface area contributed by atoms with Crippen molar-refractivity contribution in [1.82, 2.24) is 10.6 Å². The maximum atomic E-state index is 11.3. The fraction of sp³-hybridized carbons (Fsp3) is 0.846. The second-order valence-electron chi connectivity index (χ2n) is 4.55. The number of nitrogens with one attached hydrogen (secondary N) is 2. The third-order valence-electron chi connectivity index (χ3n) is 2.28. The van der Waals surface area contributed by atoms with Crippen LogP contribution in [0.4, 0.5) is 9.59 Å². The topological polar surface area (TPSA) is 76.7 Å². The van der Waals surface area contributed by atoms with Crippen LogP contribution in [0.25, 0.3) is 0 Å². The van der Waals surface area contributed by atoms with Crippen molar-refractivity contribution in [3.8, 4) is 0 Å². The molecule has 0 bridgehead atoms. The highest BCUT2D eigenvalue weighted by Crippen LogP contribution is 1.99. The molecule has 0 aromatic carbocycles. The Balaban J connectivity index is 3.34. The van der Waals surface area contributed by atoms with Crippen molar-refractivity contribution < 1.29 is 19.1 Å². The minimum atomic E-state index is -0.511. The first-order chi connectivity index (χ1) is 9.56. The predicted octanol–water partition coefficient (Wildman–Crippen LogP) is 2.65. The first-order valence-corrected chi connectivity index (χ1v) is 7.50. The van der Waals surface area contributed by atoms with Gasteiger partial charge in [0.05, 0.1) is 12.6 Å². The molecule has 0 aromatic heterocycles. The molecule has 20 heavy (non-hydrogen) atoms. The van der Waals surface area contributed by atoms with Gasteiger partial charge in [-0.15, -0.1) is 11.6 Å². The molecule has 0 aliphatic carbocycles. The predicted molar refractivity (Wildman–Crippen MR) is 78.2 cm³/mol. The Morgan fingerprint density at radius 2 is 1.65 bits per heavy atom. The summed E-state index contributed by atoms with van der Waals surface area (Å²) in [7, 11) is 0. The molecule has 0 heterocycles. The molecule has 0 saturated carbocycles. The lowest BCUT2D eigenvalue weighted by Crippen LogP contribution is -2.32. The number of rotatable bonds is 10. The smallest absolute Gasteiger partial charge is 0.407 e. The van der Waals surface area contributed by atoms with E-state index in [0.29, 0.717) is 12.4 Å². The normalized spacial score (nSPS) is 10.2. The third kappa shape index (κ3) is 13.3. The fourth-order valence-electron chi connectivity index (χ4n) is 1.37. The molecule has 0 unspecified atom stereocenters.